The van der Waals surface area contributed by atoms with E-state index in [4.69, 9.17) is 0 Å². The molecule has 0 spiro atoms. The van der Waals surface area contributed by atoms with Gasteiger partial charge in [-0.05, 0) is 59.7 Å². The second-order valence-corrected chi connectivity index (χ2v) is 8.19. The molecular formula is C15H17BrN2OS2. The van der Waals surface area contributed by atoms with Crippen LogP contribution in [0.15, 0.2) is 39.5 Å². The molecule has 21 heavy (non-hydrogen) atoms. The molecular weight excluding hydrogens is 368 g/mol. The highest BCUT2D eigenvalue weighted by Crippen LogP contribution is 2.23. The van der Waals surface area contributed by atoms with Gasteiger partial charge in [0.1, 0.15) is 0 Å². The maximum atomic E-state index is 11.9. The smallest absolute Gasteiger partial charge is 0.244 e. The highest BCUT2D eigenvalue weighted by molar-refractivity contribution is 9.11. The van der Waals surface area contributed by atoms with Crippen molar-refractivity contribution in [2.75, 3.05) is 20.6 Å². The molecule has 1 unspecified atom stereocenters. The number of carbonyl (C=O) groups excluding carboxylic acids is 1. The van der Waals surface area contributed by atoms with Crippen LogP contribution in [0.4, 0.5) is 0 Å². The summed E-state index contributed by atoms with van der Waals surface area (Å²) in [6.07, 6.45) is 3.42. The first-order valence-corrected chi connectivity index (χ1v) is 8.96. The Labute approximate surface area is 141 Å². The van der Waals surface area contributed by atoms with Gasteiger partial charge in [-0.15, -0.1) is 22.7 Å². The van der Waals surface area contributed by atoms with Crippen LogP contribution in [0.2, 0.25) is 0 Å². The molecule has 0 saturated carbocycles. The van der Waals surface area contributed by atoms with Crippen LogP contribution in [0.3, 0.4) is 0 Å². The fourth-order valence-electron chi connectivity index (χ4n) is 1.85. The molecule has 6 heteroatoms. The Morgan fingerprint density at radius 3 is 2.81 bits per heavy atom. The number of halogens is 1. The van der Waals surface area contributed by atoms with Gasteiger partial charge in [0, 0.05) is 22.4 Å². The number of carbonyl (C=O) groups is 1. The van der Waals surface area contributed by atoms with Crippen molar-refractivity contribution in [1.82, 2.24) is 10.2 Å². The molecule has 0 aliphatic carbocycles. The zero-order chi connectivity index (χ0) is 15.2. The maximum Gasteiger partial charge on any atom is 0.244 e. The third kappa shape index (κ3) is 5.07. The summed E-state index contributed by atoms with van der Waals surface area (Å²) in [7, 11) is 4.05. The van der Waals surface area contributed by atoms with Crippen molar-refractivity contribution in [3.05, 3.63) is 49.3 Å². The second-order valence-electron chi connectivity index (χ2n) is 4.72. The van der Waals surface area contributed by atoms with E-state index < -0.39 is 0 Å². The van der Waals surface area contributed by atoms with Crippen molar-refractivity contribution in [3.8, 4) is 0 Å². The minimum atomic E-state index is -0.0667. The third-order valence-electron chi connectivity index (χ3n) is 2.96. The molecule has 0 aromatic carbocycles. The van der Waals surface area contributed by atoms with Crippen LogP contribution in [0.25, 0.3) is 6.08 Å². The first kappa shape index (κ1) is 16.4. The van der Waals surface area contributed by atoms with Gasteiger partial charge in [-0.2, -0.15) is 0 Å². The van der Waals surface area contributed by atoms with E-state index in [0.717, 1.165) is 8.66 Å². The van der Waals surface area contributed by atoms with Crippen LogP contribution in [0.1, 0.15) is 15.8 Å². The van der Waals surface area contributed by atoms with Gasteiger partial charge in [-0.1, -0.05) is 6.07 Å². The van der Waals surface area contributed by atoms with Gasteiger partial charge >= 0.3 is 0 Å². The predicted octanol–water partition coefficient (Wildman–Crippen LogP) is 4.00. The van der Waals surface area contributed by atoms with Crippen LogP contribution in [0.5, 0.6) is 0 Å². The van der Waals surface area contributed by atoms with Gasteiger partial charge < -0.3 is 10.2 Å². The lowest BCUT2D eigenvalue weighted by atomic mass is 10.2. The molecule has 0 bridgehead atoms. The number of nitrogens with zero attached hydrogens (tertiary/aromatic N) is 1. The summed E-state index contributed by atoms with van der Waals surface area (Å²) in [6.45, 7) is 0.602. The summed E-state index contributed by atoms with van der Waals surface area (Å²) < 4.78 is 1.06. The van der Waals surface area contributed by atoms with Crippen LogP contribution in [0, 0.1) is 0 Å². The molecule has 0 fully saturated rings. The lowest BCUT2D eigenvalue weighted by Crippen LogP contribution is -2.33. The first-order valence-electron chi connectivity index (χ1n) is 6.47. The van der Waals surface area contributed by atoms with Crippen LogP contribution >= 0.6 is 38.6 Å². The van der Waals surface area contributed by atoms with Gasteiger partial charge in [0.25, 0.3) is 0 Å². The van der Waals surface area contributed by atoms with E-state index in [1.165, 1.54) is 4.88 Å². The third-order valence-corrected chi connectivity index (χ3v) is 5.52. The Bertz CT molecular complexity index is 605. The van der Waals surface area contributed by atoms with Crippen molar-refractivity contribution in [2.24, 2.45) is 0 Å². The minimum absolute atomic E-state index is 0.0667. The highest BCUT2D eigenvalue weighted by atomic mass is 79.9. The monoisotopic (exact) mass is 384 g/mol. The van der Waals surface area contributed by atoms with Crippen LogP contribution < -0.4 is 5.32 Å². The number of amides is 1. The Morgan fingerprint density at radius 2 is 2.24 bits per heavy atom. The molecule has 0 aliphatic heterocycles. The number of rotatable bonds is 6. The fourth-order valence-corrected chi connectivity index (χ4v) is 4.10. The molecule has 2 rings (SSSR count). The lowest BCUT2D eigenvalue weighted by Gasteiger charge is -2.23. The number of nitrogens with one attached hydrogen (secondary N) is 1. The minimum Gasteiger partial charge on any atom is -0.351 e. The second kappa shape index (κ2) is 7.89. The molecule has 3 nitrogen and oxygen atoms in total. The Balaban J connectivity index is 1.89. The Kier molecular flexibility index (Phi) is 6.17. The number of likely N-dealkylation sites (N-methyl/N-ethyl adjacent to an activating group) is 1. The van der Waals surface area contributed by atoms with Crippen molar-refractivity contribution in [1.29, 1.82) is 0 Å². The molecule has 0 saturated heterocycles. The number of hydrogen-bond acceptors (Lipinski definition) is 4. The normalized spacial score (nSPS) is 13.0. The molecule has 2 aromatic rings. The zero-order valence-electron chi connectivity index (χ0n) is 11.9. The van der Waals surface area contributed by atoms with E-state index in [1.54, 1.807) is 28.7 Å². The largest absolute Gasteiger partial charge is 0.351 e. The van der Waals surface area contributed by atoms with E-state index >= 15 is 0 Å². The van der Waals surface area contributed by atoms with Crippen molar-refractivity contribution >= 4 is 50.6 Å². The van der Waals surface area contributed by atoms with Crippen LogP contribution in [-0.2, 0) is 4.79 Å². The Hall–Kier alpha value is -0.950. The summed E-state index contributed by atoms with van der Waals surface area (Å²) in [5.74, 6) is -0.0667. The summed E-state index contributed by atoms with van der Waals surface area (Å²) in [4.78, 5) is 16.3. The van der Waals surface area contributed by atoms with E-state index in [-0.39, 0.29) is 11.9 Å². The summed E-state index contributed by atoms with van der Waals surface area (Å²) in [6, 6.07) is 8.29. The van der Waals surface area contributed by atoms with E-state index in [0.29, 0.717) is 6.54 Å². The van der Waals surface area contributed by atoms with Crippen molar-refractivity contribution in [2.45, 2.75) is 6.04 Å². The molecule has 1 atom stereocenters. The highest BCUT2D eigenvalue weighted by Gasteiger charge is 2.15. The SMILES string of the molecule is CN(C)C(CNC(=O)/C=C/c1ccc(Br)s1)c1cccs1. The van der Waals surface area contributed by atoms with Crippen molar-refractivity contribution < 1.29 is 4.79 Å². The van der Waals surface area contributed by atoms with E-state index in [9.17, 15) is 4.79 Å². The number of thiophene rings is 2. The topological polar surface area (TPSA) is 32.3 Å². The molecule has 0 radical (unpaired) electrons. The average Bonchev–Trinajstić information content (AvgIpc) is 3.08. The summed E-state index contributed by atoms with van der Waals surface area (Å²) in [5, 5.41) is 5.02. The van der Waals surface area contributed by atoms with Gasteiger partial charge in [0.05, 0.1) is 9.83 Å². The van der Waals surface area contributed by atoms with Gasteiger partial charge in [-0.3, -0.25) is 4.79 Å². The summed E-state index contributed by atoms with van der Waals surface area (Å²) in [5.41, 5.74) is 0. The zero-order valence-corrected chi connectivity index (χ0v) is 15.1. The predicted molar refractivity (Wildman–Crippen MR) is 94.8 cm³/mol. The molecule has 112 valence electrons. The quantitative estimate of drug-likeness (QED) is 0.763. The summed E-state index contributed by atoms with van der Waals surface area (Å²) >= 11 is 6.72. The lowest BCUT2D eigenvalue weighted by molar-refractivity contribution is -0.116. The fraction of sp³-hybridized carbons (Fsp3) is 0.267. The van der Waals surface area contributed by atoms with Gasteiger partial charge in [-0.25, -0.2) is 0 Å². The first-order chi connectivity index (χ1) is 10.1. The van der Waals surface area contributed by atoms with Gasteiger partial charge in [0.2, 0.25) is 5.91 Å². The molecule has 2 heterocycles. The Morgan fingerprint density at radius 1 is 1.43 bits per heavy atom. The van der Waals surface area contributed by atoms with Gasteiger partial charge in [0.15, 0.2) is 0 Å². The maximum absolute atomic E-state index is 11.9. The molecule has 0 aliphatic rings. The molecule has 1 N–H and O–H groups in total. The average molecular weight is 385 g/mol. The van der Waals surface area contributed by atoms with E-state index in [1.807, 2.05) is 38.4 Å². The molecule has 1 amide bonds. The molecule has 2 aromatic heterocycles. The van der Waals surface area contributed by atoms with E-state index in [2.05, 4.69) is 37.6 Å². The standard InChI is InChI=1S/C15H17BrN2OS2/c1-18(2)12(13-4-3-9-20-13)10-17-15(19)8-6-11-5-7-14(16)21-11/h3-9,12H,10H2,1-2H3,(H,17,19)/b8-6+. The number of hydrogen-bond donors (Lipinski definition) is 1. The van der Waals surface area contributed by atoms with Crippen molar-refractivity contribution in [3.63, 3.8) is 0 Å². The van der Waals surface area contributed by atoms with Crippen LogP contribution in [-0.4, -0.2) is 31.4 Å².